The average Bonchev–Trinajstić information content (AvgIpc) is 2.78. The number of ether oxygens (including phenoxy) is 1. The lowest BCUT2D eigenvalue weighted by atomic mass is 9.92. The Morgan fingerprint density at radius 2 is 2.12 bits per heavy atom. The highest BCUT2D eigenvalue weighted by atomic mass is 79.9. The molecule has 1 aliphatic rings. The number of alkyl halides is 1. The van der Waals surface area contributed by atoms with Crippen LogP contribution in [-0.4, -0.2) is 17.5 Å². The summed E-state index contributed by atoms with van der Waals surface area (Å²) in [5, 5.41) is 0. The predicted octanol–water partition coefficient (Wildman–Crippen LogP) is 3.81. The van der Waals surface area contributed by atoms with Crippen LogP contribution in [0.5, 0.6) is 0 Å². The van der Waals surface area contributed by atoms with Gasteiger partial charge < -0.3 is 4.74 Å². The summed E-state index contributed by atoms with van der Waals surface area (Å²) in [6.07, 6.45) is 3.88. The molecule has 1 aromatic carbocycles. The van der Waals surface area contributed by atoms with Crippen LogP contribution in [0.15, 0.2) is 30.3 Å². The van der Waals surface area contributed by atoms with Crippen molar-refractivity contribution < 1.29 is 4.74 Å². The van der Waals surface area contributed by atoms with Gasteiger partial charge in [-0.3, -0.25) is 0 Å². The molecule has 2 rings (SSSR count). The zero-order chi connectivity index (χ0) is 11.4. The van der Waals surface area contributed by atoms with Crippen LogP contribution >= 0.6 is 15.9 Å². The Kier molecular flexibility index (Phi) is 4.42. The van der Waals surface area contributed by atoms with Gasteiger partial charge >= 0.3 is 0 Å². The highest BCUT2D eigenvalue weighted by molar-refractivity contribution is 9.09. The first-order valence-electron chi connectivity index (χ1n) is 6.11. The van der Waals surface area contributed by atoms with Crippen LogP contribution in [0.1, 0.15) is 25.3 Å². The first kappa shape index (κ1) is 12.1. The minimum Gasteiger partial charge on any atom is -0.378 e. The van der Waals surface area contributed by atoms with Crippen molar-refractivity contribution in [1.82, 2.24) is 0 Å². The lowest BCUT2D eigenvalue weighted by molar-refractivity contribution is 0.0873. The fraction of sp³-hybridized carbons (Fsp3) is 0.571. The molecule has 1 saturated heterocycles. The quantitative estimate of drug-likeness (QED) is 0.764. The number of halogens is 1. The molecule has 0 aliphatic carbocycles. The SMILES string of the molecule is CCC1OCCC1C(Br)Cc1ccccc1. The van der Waals surface area contributed by atoms with E-state index in [4.69, 9.17) is 4.74 Å². The topological polar surface area (TPSA) is 9.23 Å². The molecule has 1 aliphatic heterocycles. The van der Waals surface area contributed by atoms with E-state index in [0.717, 1.165) is 19.4 Å². The summed E-state index contributed by atoms with van der Waals surface area (Å²) in [4.78, 5) is 0.544. The van der Waals surface area contributed by atoms with Crippen LogP contribution in [-0.2, 0) is 11.2 Å². The monoisotopic (exact) mass is 282 g/mol. The summed E-state index contributed by atoms with van der Waals surface area (Å²) in [7, 11) is 0. The zero-order valence-corrected chi connectivity index (χ0v) is 11.3. The second-order valence-corrected chi connectivity index (χ2v) is 5.65. The molecule has 0 spiro atoms. The third-order valence-corrected chi connectivity index (χ3v) is 4.40. The summed E-state index contributed by atoms with van der Waals surface area (Å²) in [6.45, 7) is 3.14. The van der Waals surface area contributed by atoms with E-state index in [2.05, 4.69) is 53.2 Å². The second kappa shape index (κ2) is 5.83. The molecule has 2 heteroatoms. The Labute approximate surface area is 106 Å². The van der Waals surface area contributed by atoms with Crippen LogP contribution in [0.25, 0.3) is 0 Å². The molecule has 0 N–H and O–H groups in total. The van der Waals surface area contributed by atoms with Crippen LogP contribution < -0.4 is 0 Å². The van der Waals surface area contributed by atoms with Crippen molar-refractivity contribution in [3.8, 4) is 0 Å². The third-order valence-electron chi connectivity index (χ3n) is 3.40. The molecule has 3 atom stereocenters. The van der Waals surface area contributed by atoms with Crippen molar-refractivity contribution in [3.63, 3.8) is 0 Å². The molecule has 0 aromatic heterocycles. The number of benzene rings is 1. The van der Waals surface area contributed by atoms with Gasteiger partial charge in [0.05, 0.1) is 6.10 Å². The highest BCUT2D eigenvalue weighted by Gasteiger charge is 2.32. The molecular weight excluding hydrogens is 264 g/mol. The minimum absolute atomic E-state index is 0.452. The van der Waals surface area contributed by atoms with Gasteiger partial charge in [0.1, 0.15) is 0 Å². The lowest BCUT2D eigenvalue weighted by Gasteiger charge is -2.22. The van der Waals surface area contributed by atoms with E-state index in [1.54, 1.807) is 0 Å². The molecule has 1 fully saturated rings. The number of rotatable bonds is 4. The molecule has 0 radical (unpaired) electrons. The maximum absolute atomic E-state index is 5.74. The van der Waals surface area contributed by atoms with Crippen molar-refractivity contribution in [1.29, 1.82) is 0 Å². The van der Waals surface area contributed by atoms with Crippen molar-refractivity contribution in [2.75, 3.05) is 6.61 Å². The van der Waals surface area contributed by atoms with E-state index in [1.165, 1.54) is 12.0 Å². The van der Waals surface area contributed by atoms with Gasteiger partial charge in [0.15, 0.2) is 0 Å². The van der Waals surface area contributed by atoms with Gasteiger partial charge in [-0.05, 0) is 24.8 Å². The summed E-state index contributed by atoms with van der Waals surface area (Å²) in [5.41, 5.74) is 1.41. The normalized spacial score (nSPS) is 26.9. The van der Waals surface area contributed by atoms with Gasteiger partial charge in [0.25, 0.3) is 0 Å². The van der Waals surface area contributed by atoms with Crippen LogP contribution in [0, 0.1) is 5.92 Å². The molecule has 16 heavy (non-hydrogen) atoms. The molecule has 0 saturated carbocycles. The fourth-order valence-electron chi connectivity index (χ4n) is 2.49. The molecule has 3 unspecified atom stereocenters. The molecule has 1 nitrogen and oxygen atoms in total. The van der Waals surface area contributed by atoms with Gasteiger partial charge in [-0.2, -0.15) is 0 Å². The molecular formula is C14H19BrO. The van der Waals surface area contributed by atoms with Crippen LogP contribution in [0.3, 0.4) is 0 Å². The lowest BCUT2D eigenvalue weighted by Crippen LogP contribution is -2.25. The van der Waals surface area contributed by atoms with Crippen molar-refractivity contribution >= 4 is 15.9 Å². The van der Waals surface area contributed by atoms with Crippen molar-refractivity contribution in [3.05, 3.63) is 35.9 Å². The van der Waals surface area contributed by atoms with E-state index in [9.17, 15) is 0 Å². The van der Waals surface area contributed by atoms with Gasteiger partial charge in [-0.25, -0.2) is 0 Å². The fourth-order valence-corrected chi connectivity index (χ4v) is 3.47. The molecule has 0 bridgehead atoms. The minimum atomic E-state index is 0.452. The number of hydrogen-bond acceptors (Lipinski definition) is 1. The van der Waals surface area contributed by atoms with E-state index >= 15 is 0 Å². The first-order valence-corrected chi connectivity index (χ1v) is 7.02. The van der Waals surface area contributed by atoms with E-state index in [1.807, 2.05) is 0 Å². The third kappa shape index (κ3) is 2.86. The smallest absolute Gasteiger partial charge is 0.0612 e. The standard InChI is InChI=1S/C14H19BrO/c1-2-14-12(8-9-16-14)13(15)10-11-6-4-3-5-7-11/h3-7,12-14H,2,8-10H2,1H3. The van der Waals surface area contributed by atoms with Gasteiger partial charge in [-0.1, -0.05) is 53.2 Å². The first-order chi connectivity index (χ1) is 7.81. The zero-order valence-electron chi connectivity index (χ0n) is 9.73. The average molecular weight is 283 g/mol. The van der Waals surface area contributed by atoms with Crippen LogP contribution in [0.2, 0.25) is 0 Å². The number of hydrogen-bond donors (Lipinski definition) is 0. The molecule has 1 heterocycles. The van der Waals surface area contributed by atoms with Gasteiger partial charge in [0.2, 0.25) is 0 Å². The maximum atomic E-state index is 5.74. The highest BCUT2D eigenvalue weighted by Crippen LogP contribution is 2.32. The molecule has 0 amide bonds. The van der Waals surface area contributed by atoms with Crippen LogP contribution in [0.4, 0.5) is 0 Å². The van der Waals surface area contributed by atoms with Crippen molar-refractivity contribution in [2.45, 2.75) is 37.1 Å². The van der Waals surface area contributed by atoms with Crippen molar-refractivity contribution in [2.24, 2.45) is 5.92 Å². The summed E-state index contributed by atoms with van der Waals surface area (Å²) in [6, 6.07) is 10.7. The maximum Gasteiger partial charge on any atom is 0.0612 e. The van der Waals surface area contributed by atoms with Gasteiger partial charge in [0, 0.05) is 17.4 Å². The predicted molar refractivity (Wildman–Crippen MR) is 71.0 cm³/mol. The summed E-state index contributed by atoms with van der Waals surface area (Å²) >= 11 is 3.84. The summed E-state index contributed by atoms with van der Waals surface area (Å²) < 4.78 is 5.74. The molecule has 88 valence electrons. The van der Waals surface area contributed by atoms with E-state index < -0.39 is 0 Å². The Hall–Kier alpha value is -0.340. The second-order valence-electron chi connectivity index (χ2n) is 4.48. The Balaban J connectivity index is 1.95. The Morgan fingerprint density at radius 3 is 2.81 bits per heavy atom. The largest absolute Gasteiger partial charge is 0.378 e. The Morgan fingerprint density at radius 1 is 1.38 bits per heavy atom. The van der Waals surface area contributed by atoms with Gasteiger partial charge in [-0.15, -0.1) is 0 Å². The van der Waals surface area contributed by atoms with E-state index in [0.29, 0.717) is 16.8 Å². The van der Waals surface area contributed by atoms with E-state index in [-0.39, 0.29) is 0 Å². The summed E-state index contributed by atoms with van der Waals surface area (Å²) in [5.74, 6) is 0.671. The molecule has 1 aromatic rings. The Bertz CT molecular complexity index is 312.